The summed E-state index contributed by atoms with van der Waals surface area (Å²) in [5.74, 6) is 1.78. The number of rotatable bonds is 4. The first-order chi connectivity index (χ1) is 8.58. The summed E-state index contributed by atoms with van der Waals surface area (Å²) in [6, 6.07) is 0. The van der Waals surface area contributed by atoms with Crippen molar-refractivity contribution in [2.24, 2.45) is 5.92 Å². The summed E-state index contributed by atoms with van der Waals surface area (Å²) in [5.41, 5.74) is 0. The molecule has 100 valence electrons. The van der Waals surface area contributed by atoms with Gasteiger partial charge in [-0.1, -0.05) is 0 Å². The van der Waals surface area contributed by atoms with Crippen LogP contribution in [0.5, 0.6) is 0 Å². The molecule has 18 heavy (non-hydrogen) atoms. The van der Waals surface area contributed by atoms with Crippen LogP contribution in [0.2, 0.25) is 5.28 Å². The maximum Gasteiger partial charge on any atom is 0.231 e. The predicted octanol–water partition coefficient (Wildman–Crippen LogP) is 0.955. The quantitative estimate of drug-likeness (QED) is 0.879. The van der Waals surface area contributed by atoms with Crippen molar-refractivity contribution in [3.05, 3.63) is 5.28 Å². The van der Waals surface area contributed by atoms with Gasteiger partial charge in [-0.25, -0.2) is 0 Å². The van der Waals surface area contributed by atoms with Crippen LogP contribution in [0.3, 0.4) is 0 Å². The third-order valence-corrected chi connectivity index (χ3v) is 3.35. The highest BCUT2D eigenvalue weighted by molar-refractivity contribution is 6.28. The van der Waals surface area contributed by atoms with Gasteiger partial charge in [0, 0.05) is 27.2 Å². The third-order valence-electron chi connectivity index (χ3n) is 3.18. The van der Waals surface area contributed by atoms with E-state index in [1.165, 1.54) is 6.42 Å². The number of anilines is 2. The third kappa shape index (κ3) is 3.20. The highest BCUT2D eigenvalue weighted by Crippen LogP contribution is 2.18. The molecule has 0 aliphatic carbocycles. The van der Waals surface area contributed by atoms with Gasteiger partial charge in [0.25, 0.3) is 0 Å². The van der Waals surface area contributed by atoms with Crippen molar-refractivity contribution < 1.29 is 0 Å². The summed E-state index contributed by atoms with van der Waals surface area (Å²) < 4.78 is 0. The van der Waals surface area contributed by atoms with Crippen molar-refractivity contribution >= 4 is 23.5 Å². The fourth-order valence-electron chi connectivity index (χ4n) is 2.27. The van der Waals surface area contributed by atoms with Gasteiger partial charge in [0.05, 0.1) is 0 Å². The molecule has 1 aromatic rings. The molecular formula is C11H19ClN6. The number of likely N-dealkylation sites (tertiary alicyclic amines) is 1. The highest BCUT2D eigenvalue weighted by atomic mass is 35.5. The van der Waals surface area contributed by atoms with E-state index >= 15 is 0 Å². The lowest BCUT2D eigenvalue weighted by Gasteiger charge is -2.21. The first-order valence-electron chi connectivity index (χ1n) is 6.07. The number of hydrogen-bond acceptors (Lipinski definition) is 6. The van der Waals surface area contributed by atoms with Crippen LogP contribution in [-0.2, 0) is 0 Å². The van der Waals surface area contributed by atoms with Gasteiger partial charge in [0.15, 0.2) is 0 Å². The average Bonchev–Trinajstić information content (AvgIpc) is 2.73. The van der Waals surface area contributed by atoms with Crippen LogP contribution in [0.4, 0.5) is 11.9 Å². The van der Waals surface area contributed by atoms with Gasteiger partial charge in [-0.2, -0.15) is 15.0 Å². The fraction of sp³-hybridized carbons (Fsp3) is 0.727. The molecule has 2 heterocycles. The molecule has 1 atom stereocenters. The maximum absolute atomic E-state index is 5.88. The van der Waals surface area contributed by atoms with E-state index in [-0.39, 0.29) is 5.28 Å². The van der Waals surface area contributed by atoms with Crippen molar-refractivity contribution in [1.29, 1.82) is 0 Å². The van der Waals surface area contributed by atoms with E-state index in [1.54, 1.807) is 7.05 Å². The predicted molar refractivity (Wildman–Crippen MR) is 73.3 cm³/mol. The van der Waals surface area contributed by atoms with Crippen LogP contribution in [0.1, 0.15) is 6.42 Å². The van der Waals surface area contributed by atoms with Crippen LogP contribution in [0, 0.1) is 5.92 Å². The fourth-order valence-corrected chi connectivity index (χ4v) is 2.42. The number of hydrogen-bond donors (Lipinski definition) is 1. The molecule has 1 saturated heterocycles. The molecule has 1 N–H and O–H groups in total. The van der Waals surface area contributed by atoms with Crippen LogP contribution in [0.25, 0.3) is 0 Å². The molecule has 1 fully saturated rings. The second-order valence-electron chi connectivity index (χ2n) is 4.78. The largest absolute Gasteiger partial charge is 0.357 e. The Bertz CT molecular complexity index is 413. The van der Waals surface area contributed by atoms with Crippen molar-refractivity contribution in [2.75, 3.05) is 51.0 Å². The molecule has 1 aromatic heterocycles. The van der Waals surface area contributed by atoms with E-state index in [1.807, 2.05) is 11.9 Å². The van der Waals surface area contributed by atoms with Gasteiger partial charge in [0.1, 0.15) is 0 Å². The van der Waals surface area contributed by atoms with Crippen molar-refractivity contribution in [3.63, 3.8) is 0 Å². The lowest BCUT2D eigenvalue weighted by molar-refractivity contribution is 0.395. The van der Waals surface area contributed by atoms with E-state index in [0.717, 1.165) is 19.6 Å². The highest BCUT2D eigenvalue weighted by Gasteiger charge is 2.22. The molecule has 1 unspecified atom stereocenters. The van der Waals surface area contributed by atoms with Crippen molar-refractivity contribution in [3.8, 4) is 0 Å². The van der Waals surface area contributed by atoms with Crippen LogP contribution in [0.15, 0.2) is 0 Å². The Kier molecular flexibility index (Phi) is 4.19. The topological polar surface area (TPSA) is 57.2 Å². The standard InChI is InChI=1S/C11H19ClN6/c1-13-10-14-9(12)15-11(16-10)18(3)7-8-4-5-17(2)6-8/h8H,4-7H2,1-3H3,(H,13,14,15,16). The van der Waals surface area contributed by atoms with Crippen molar-refractivity contribution in [1.82, 2.24) is 19.9 Å². The molecule has 2 rings (SSSR count). The first-order valence-corrected chi connectivity index (χ1v) is 6.45. The molecule has 6 nitrogen and oxygen atoms in total. The van der Waals surface area contributed by atoms with Crippen LogP contribution < -0.4 is 10.2 Å². The zero-order valence-electron chi connectivity index (χ0n) is 11.0. The molecule has 7 heteroatoms. The van der Waals surface area contributed by atoms with E-state index in [9.17, 15) is 0 Å². The number of nitrogens with zero attached hydrogens (tertiary/aromatic N) is 5. The molecule has 1 aliphatic rings. The Morgan fingerprint density at radius 2 is 2.22 bits per heavy atom. The summed E-state index contributed by atoms with van der Waals surface area (Å²) >= 11 is 5.88. The SMILES string of the molecule is CNc1nc(Cl)nc(N(C)CC2CCN(C)C2)n1. The smallest absolute Gasteiger partial charge is 0.231 e. The Balaban J connectivity index is 2.03. The van der Waals surface area contributed by atoms with E-state index in [2.05, 4.69) is 32.2 Å². The Hall–Kier alpha value is -1.14. The summed E-state index contributed by atoms with van der Waals surface area (Å²) in [7, 11) is 5.91. The van der Waals surface area contributed by atoms with Gasteiger partial charge in [-0.15, -0.1) is 0 Å². The summed E-state index contributed by atoms with van der Waals surface area (Å²) in [5, 5.41) is 3.10. The monoisotopic (exact) mass is 270 g/mol. The maximum atomic E-state index is 5.88. The Morgan fingerprint density at radius 3 is 2.83 bits per heavy atom. The molecule has 0 bridgehead atoms. The minimum Gasteiger partial charge on any atom is -0.357 e. The zero-order chi connectivity index (χ0) is 13.1. The normalized spacial score (nSPS) is 20.1. The zero-order valence-corrected chi connectivity index (χ0v) is 11.8. The molecular weight excluding hydrogens is 252 g/mol. The minimum absolute atomic E-state index is 0.222. The van der Waals surface area contributed by atoms with Gasteiger partial charge in [-0.3, -0.25) is 0 Å². The molecule has 0 saturated carbocycles. The number of nitrogens with one attached hydrogen (secondary N) is 1. The Labute approximate surface area is 112 Å². The van der Waals surface area contributed by atoms with E-state index < -0.39 is 0 Å². The van der Waals surface area contributed by atoms with Crippen LogP contribution in [-0.4, -0.2) is 60.6 Å². The van der Waals surface area contributed by atoms with Crippen molar-refractivity contribution in [2.45, 2.75) is 6.42 Å². The first kappa shape index (κ1) is 13.3. The molecule has 1 aliphatic heterocycles. The number of aromatic nitrogens is 3. The number of halogens is 1. The summed E-state index contributed by atoms with van der Waals surface area (Å²) in [6.07, 6.45) is 1.22. The molecule has 0 amide bonds. The van der Waals surface area contributed by atoms with E-state index in [0.29, 0.717) is 17.8 Å². The van der Waals surface area contributed by atoms with Crippen LogP contribution >= 0.6 is 11.6 Å². The van der Waals surface area contributed by atoms with Gasteiger partial charge in [-0.05, 0) is 37.5 Å². The summed E-state index contributed by atoms with van der Waals surface area (Å²) in [6.45, 7) is 3.23. The lowest BCUT2D eigenvalue weighted by atomic mass is 10.1. The second kappa shape index (κ2) is 5.67. The van der Waals surface area contributed by atoms with Gasteiger partial charge < -0.3 is 15.1 Å². The van der Waals surface area contributed by atoms with Gasteiger partial charge >= 0.3 is 0 Å². The average molecular weight is 271 g/mol. The Morgan fingerprint density at radius 1 is 1.44 bits per heavy atom. The lowest BCUT2D eigenvalue weighted by Crippen LogP contribution is -2.28. The van der Waals surface area contributed by atoms with Gasteiger partial charge in [0.2, 0.25) is 17.2 Å². The minimum atomic E-state index is 0.222. The molecule has 0 spiro atoms. The summed E-state index contributed by atoms with van der Waals surface area (Å²) in [4.78, 5) is 16.8. The molecule has 0 radical (unpaired) electrons. The van der Waals surface area contributed by atoms with E-state index in [4.69, 9.17) is 11.6 Å². The second-order valence-corrected chi connectivity index (χ2v) is 5.11. The molecule has 0 aromatic carbocycles.